The molecular weight excluding hydrogens is 466 g/mol. The van der Waals surface area contributed by atoms with Crippen LogP contribution in [-0.4, -0.2) is 6.88 Å². The number of hydrogen-bond donors (Lipinski definition) is 0. The number of fused-ring (bicyclic) bond motifs is 2. The third-order valence-electron chi connectivity index (χ3n) is 3.31. The van der Waals surface area contributed by atoms with Gasteiger partial charge in [-0.15, -0.1) is 95.1 Å². The molecule has 0 bridgehead atoms. The van der Waals surface area contributed by atoms with Crippen molar-refractivity contribution in [1.82, 2.24) is 0 Å². The van der Waals surface area contributed by atoms with Crippen molar-refractivity contribution in [1.29, 1.82) is 0 Å². The summed E-state index contributed by atoms with van der Waals surface area (Å²) in [5.41, 5.74) is 1.35. The summed E-state index contributed by atoms with van der Waals surface area (Å²) in [5.74, 6) is 0. The molecule has 4 heteroatoms. The van der Waals surface area contributed by atoms with Crippen LogP contribution < -0.4 is 0 Å². The quantitative estimate of drug-likeness (QED) is 0.175. The minimum absolute atomic E-state index is 0. The summed E-state index contributed by atoms with van der Waals surface area (Å²) < 4.78 is 0. The van der Waals surface area contributed by atoms with Crippen LogP contribution in [0.15, 0.2) is 78.9 Å². The van der Waals surface area contributed by atoms with E-state index >= 15 is 0 Å². The van der Waals surface area contributed by atoms with Gasteiger partial charge in [0.2, 0.25) is 0 Å². The van der Waals surface area contributed by atoms with E-state index in [1.54, 1.807) is 0 Å². The van der Waals surface area contributed by atoms with E-state index in [0.717, 1.165) is 0 Å². The summed E-state index contributed by atoms with van der Waals surface area (Å²) in [6.07, 6.45) is 2.00. The van der Waals surface area contributed by atoms with E-state index < -0.39 is 0 Å². The molecular formula is C23H28Cl2SiZr-4. The topological polar surface area (TPSA) is 0 Å². The molecule has 0 fully saturated rings. The molecule has 0 saturated carbocycles. The van der Waals surface area contributed by atoms with Crippen molar-refractivity contribution in [2.45, 2.75) is 20.8 Å². The van der Waals surface area contributed by atoms with Gasteiger partial charge in [-0.3, -0.25) is 0 Å². The van der Waals surface area contributed by atoms with Gasteiger partial charge in [0.15, 0.2) is 0 Å². The summed E-state index contributed by atoms with van der Waals surface area (Å²) in [5, 5.41) is 5.36. The van der Waals surface area contributed by atoms with Crippen LogP contribution in [0.5, 0.6) is 0 Å². The number of rotatable bonds is 0. The average Bonchev–Trinajstić information content (AvgIpc) is 3.23. The van der Waals surface area contributed by atoms with Crippen molar-refractivity contribution in [3.63, 3.8) is 0 Å². The van der Waals surface area contributed by atoms with Crippen LogP contribution in [0.25, 0.3) is 21.5 Å². The van der Waals surface area contributed by atoms with E-state index in [2.05, 4.69) is 92.7 Å². The van der Waals surface area contributed by atoms with E-state index in [-0.39, 0.29) is 32.2 Å². The van der Waals surface area contributed by atoms with Gasteiger partial charge in [-0.1, -0.05) is 19.1 Å². The molecule has 4 rings (SSSR count). The molecule has 0 saturated heterocycles. The van der Waals surface area contributed by atoms with Gasteiger partial charge in [0.25, 0.3) is 0 Å². The van der Waals surface area contributed by atoms with E-state index in [0.29, 0.717) is 0 Å². The maximum Gasteiger partial charge on any atom is -0.0809 e. The zero-order valence-corrected chi connectivity index (χ0v) is 21.5. The van der Waals surface area contributed by atoms with Crippen LogP contribution in [0.2, 0.25) is 0 Å². The molecule has 0 nitrogen and oxygen atoms in total. The third-order valence-corrected chi connectivity index (χ3v) is 3.31. The molecule has 4 aromatic carbocycles. The van der Waals surface area contributed by atoms with Gasteiger partial charge in [0.1, 0.15) is 0 Å². The molecule has 0 spiro atoms. The monoisotopic (exact) mass is 492 g/mol. The van der Waals surface area contributed by atoms with Crippen LogP contribution in [0, 0.1) is 20.8 Å². The Hall–Kier alpha value is -0.660. The fraction of sp³-hybridized carbons (Fsp3) is 0.130. The van der Waals surface area contributed by atoms with E-state index in [9.17, 15) is 0 Å². The molecule has 0 aliphatic heterocycles. The first-order chi connectivity index (χ1) is 11.7. The number of halogens is 2. The molecule has 0 amide bonds. The molecule has 146 valence electrons. The molecule has 4 aromatic rings. The summed E-state index contributed by atoms with van der Waals surface area (Å²) >= 11 is 1.36. The van der Waals surface area contributed by atoms with Gasteiger partial charge in [-0.05, 0) is 0 Å². The summed E-state index contributed by atoms with van der Waals surface area (Å²) in [6, 6.07) is 27.5. The maximum absolute atomic E-state index is 3.06. The fourth-order valence-electron chi connectivity index (χ4n) is 2.38. The van der Waals surface area contributed by atoms with Gasteiger partial charge >= 0.3 is 30.2 Å². The Bertz CT molecular complexity index is 773. The minimum atomic E-state index is 0. The second kappa shape index (κ2) is 18.7. The van der Waals surface area contributed by atoms with Crippen molar-refractivity contribution in [2.24, 2.45) is 0 Å². The Morgan fingerprint density at radius 3 is 1.81 bits per heavy atom. The maximum atomic E-state index is 3.06. The van der Waals surface area contributed by atoms with E-state index in [1.165, 1.54) is 50.4 Å². The van der Waals surface area contributed by atoms with E-state index in [1.807, 2.05) is 20.3 Å². The van der Waals surface area contributed by atoms with Crippen LogP contribution in [0.3, 0.4) is 0 Å². The van der Waals surface area contributed by atoms with Gasteiger partial charge in [-0.2, -0.15) is 37.4 Å². The zero-order valence-electron chi connectivity index (χ0n) is 16.4. The largest absolute Gasteiger partial charge is 0.168 e. The van der Waals surface area contributed by atoms with Crippen LogP contribution in [0.1, 0.15) is 19.4 Å². The molecule has 0 heterocycles. The average molecular weight is 495 g/mol. The van der Waals surface area contributed by atoms with Crippen molar-refractivity contribution in [3.05, 3.63) is 98.3 Å². The number of benzene rings is 2. The van der Waals surface area contributed by atoms with E-state index in [4.69, 9.17) is 0 Å². The molecule has 0 aromatic heterocycles. The van der Waals surface area contributed by atoms with Gasteiger partial charge in [-0.25, -0.2) is 0 Å². The van der Waals surface area contributed by atoms with Crippen LogP contribution >= 0.6 is 24.8 Å². The van der Waals surface area contributed by atoms with Crippen molar-refractivity contribution in [2.75, 3.05) is 0 Å². The number of hydrogen-bond acceptors (Lipinski definition) is 0. The Balaban J connectivity index is -0.000000318. The third kappa shape index (κ3) is 11.1. The Morgan fingerprint density at radius 2 is 1.30 bits per heavy atom. The fourth-order valence-corrected chi connectivity index (χ4v) is 2.38. The summed E-state index contributed by atoms with van der Waals surface area (Å²) in [4.78, 5) is 0. The molecule has 2 radical (unpaired) electrons. The summed E-state index contributed by atoms with van der Waals surface area (Å²) in [7, 11) is 0. The predicted molar refractivity (Wildman–Crippen MR) is 126 cm³/mol. The zero-order chi connectivity index (χ0) is 17.8. The molecule has 0 aliphatic rings. The first-order valence-corrected chi connectivity index (χ1v) is 12.1. The van der Waals surface area contributed by atoms with Gasteiger partial charge in [0, 0.05) is 0 Å². The molecule has 0 aliphatic carbocycles. The van der Waals surface area contributed by atoms with Gasteiger partial charge in [0.05, 0.1) is 0 Å². The standard InChI is InChI=1S/C10H9.C9H7.C3H7.CH3.2ClH.Si.Zr/c1-8-6-9-4-2-3-5-10(9)7-8;1-2-5-9-7-3-6-8(9)4-1;1-3-2;;;;;/h2-7H,1H3;1-7H;3H,1-2H3;1H3;2*1H;;/q4*-1;;;;. The van der Waals surface area contributed by atoms with Crippen molar-refractivity contribution in [3.8, 4) is 0 Å². The van der Waals surface area contributed by atoms with Crippen LogP contribution in [0.4, 0.5) is 0 Å². The van der Waals surface area contributed by atoms with Crippen molar-refractivity contribution >= 4 is 53.2 Å². The first-order valence-electron chi connectivity index (χ1n) is 7.96. The van der Waals surface area contributed by atoms with Crippen LogP contribution in [-0.2, 0) is 23.3 Å². The molecule has 27 heavy (non-hydrogen) atoms. The predicted octanol–water partition coefficient (Wildman–Crippen LogP) is 7.57. The summed E-state index contributed by atoms with van der Waals surface area (Å²) in [6.45, 7) is 9.19. The Morgan fingerprint density at radius 1 is 0.815 bits per heavy atom. The smallest absolute Gasteiger partial charge is 0.0809 e. The molecule has 0 N–H and O–H groups in total. The second-order valence-electron chi connectivity index (χ2n) is 5.39. The van der Waals surface area contributed by atoms with Gasteiger partial charge < -0.3 is 13.8 Å². The minimum Gasteiger partial charge on any atom is -0.168 e. The second-order valence-corrected chi connectivity index (χ2v) is 5.39. The SMILES string of the molecule is C[CH-]C.Cc1cc2ccccc2[cH-]1.Cl.Cl.[CH3-].[Si]=[Zr].c1ccc2[cH-]ccc2c1. The first kappa shape index (κ1) is 31.0. The number of aryl methyl sites for hydroxylation is 1. The molecule has 0 atom stereocenters. The van der Waals surface area contributed by atoms with Crippen molar-refractivity contribution < 1.29 is 23.3 Å². The normalized spacial score (nSPS) is 8.07. The molecule has 0 unspecified atom stereocenters. The Labute approximate surface area is 194 Å². The Kier molecular flexibility index (Phi) is 21.5.